The van der Waals surface area contributed by atoms with Gasteiger partial charge in [-0.15, -0.1) is 0 Å². The maximum Gasteiger partial charge on any atom is 0.328 e. The fourth-order valence-electron chi connectivity index (χ4n) is 5.27. The highest BCUT2D eigenvalue weighted by atomic mass is 32.2. The number of para-hydroxylation sites is 2. The van der Waals surface area contributed by atoms with E-state index in [0.29, 0.717) is 35.6 Å². The summed E-state index contributed by atoms with van der Waals surface area (Å²) in [7, 11) is -3.75. The predicted molar refractivity (Wildman–Crippen MR) is 137 cm³/mol. The molecule has 6 aromatic rings. The van der Waals surface area contributed by atoms with Crippen LogP contribution in [0.4, 0.5) is 0 Å². The minimum atomic E-state index is -3.75. The van der Waals surface area contributed by atoms with Crippen molar-refractivity contribution in [2.75, 3.05) is 0 Å². The van der Waals surface area contributed by atoms with Crippen LogP contribution >= 0.6 is 0 Å². The Bertz CT molecular complexity index is 1970. The van der Waals surface area contributed by atoms with E-state index in [1.165, 1.54) is 3.97 Å². The van der Waals surface area contributed by atoms with Crippen LogP contribution in [-0.4, -0.2) is 41.5 Å². The third kappa shape index (κ3) is 3.27. The number of aromatic nitrogens is 7. The molecule has 0 bridgehead atoms. The van der Waals surface area contributed by atoms with Crippen LogP contribution in [0.2, 0.25) is 0 Å². The average molecular weight is 512 g/mol. The van der Waals surface area contributed by atoms with Crippen LogP contribution in [-0.2, 0) is 16.4 Å². The fourth-order valence-corrected chi connectivity index (χ4v) is 6.70. The Kier molecular flexibility index (Phi) is 4.70. The van der Waals surface area contributed by atoms with Crippen LogP contribution in [0.3, 0.4) is 0 Å². The van der Waals surface area contributed by atoms with E-state index in [0.717, 1.165) is 23.0 Å². The van der Waals surface area contributed by atoms with Gasteiger partial charge in [-0.05, 0) is 55.2 Å². The minimum absolute atomic E-state index is 0.227. The molecule has 10 nitrogen and oxygen atoms in total. The van der Waals surface area contributed by atoms with Gasteiger partial charge >= 0.3 is 5.69 Å². The third-order valence-corrected chi connectivity index (χ3v) is 8.69. The van der Waals surface area contributed by atoms with Gasteiger partial charge in [-0.3, -0.25) is 9.13 Å². The number of H-pyrrole nitrogens is 1. The van der Waals surface area contributed by atoms with E-state index in [2.05, 4.69) is 15.0 Å². The largest absolute Gasteiger partial charge is 0.328 e. The van der Waals surface area contributed by atoms with Crippen molar-refractivity contribution in [3.05, 3.63) is 101 Å². The second-order valence-corrected chi connectivity index (χ2v) is 10.9. The standard InChI is InChI=1S/C26H21N7O3S/c34-26-29-20-15-27-25(31-16-28-19-9-4-5-10-23(19)31)30-24(20)33(26)22-12-6-11-21-18(22)13-14-32(21)37(35,36)17-7-2-1-3-8-17/h1-5,7-10,13-16,22H,6,11-12H2,(H,29,34). The SMILES string of the molecule is O=c1[nH]c2cnc(-n3cnc4ccccc43)nc2n1C1CCCc2c1ccn2S(=O)(=O)c1ccccc1. The number of nitrogens with zero attached hydrogens (tertiary/aromatic N) is 6. The molecule has 11 heteroatoms. The fraction of sp³-hybridized carbons (Fsp3) is 0.154. The van der Waals surface area contributed by atoms with Crippen LogP contribution in [0.25, 0.3) is 28.1 Å². The summed E-state index contributed by atoms with van der Waals surface area (Å²) < 4.78 is 31.5. The first-order valence-electron chi connectivity index (χ1n) is 11.9. The highest BCUT2D eigenvalue weighted by molar-refractivity contribution is 7.90. The first-order chi connectivity index (χ1) is 18.0. The van der Waals surface area contributed by atoms with E-state index < -0.39 is 10.0 Å². The highest BCUT2D eigenvalue weighted by Crippen LogP contribution is 2.35. The average Bonchev–Trinajstić information content (AvgIpc) is 3.63. The molecule has 0 saturated heterocycles. The first-order valence-corrected chi connectivity index (χ1v) is 13.4. The van der Waals surface area contributed by atoms with Crippen molar-refractivity contribution in [3.63, 3.8) is 0 Å². The van der Waals surface area contributed by atoms with Gasteiger partial charge in [0, 0.05) is 11.9 Å². The van der Waals surface area contributed by atoms with Gasteiger partial charge in [0.2, 0.25) is 5.95 Å². The lowest BCUT2D eigenvalue weighted by Crippen LogP contribution is -2.27. The number of hydrogen-bond acceptors (Lipinski definition) is 6. The van der Waals surface area contributed by atoms with Crippen molar-refractivity contribution in [3.8, 4) is 5.95 Å². The molecule has 0 fully saturated rings. The molecule has 1 atom stereocenters. The van der Waals surface area contributed by atoms with Gasteiger partial charge in [-0.25, -0.2) is 27.2 Å². The zero-order valence-corrected chi connectivity index (χ0v) is 20.3. The topological polar surface area (TPSA) is 120 Å². The van der Waals surface area contributed by atoms with Crippen molar-refractivity contribution < 1.29 is 8.42 Å². The molecule has 4 heterocycles. The number of imidazole rings is 2. The van der Waals surface area contributed by atoms with Gasteiger partial charge in [0.15, 0.2) is 5.65 Å². The monoisotopic (exact) mass is 511 g/mol. The number of hydrogen-bond donors (Lipinski definition) is 1. The summed E-state index contributed by atoms with van der Waals surface area (Å²) in [6.45, 7) is 0. The Balaban J connectivity index is 1.37. The van der Waals surface area contributed by atoms with Crippen LogP contribution in [0, 0.1) is 0 Å². The number of nitrogens with one attached hydrogen (secondary N) is 1. The molecular weight excluding hydrogens is 490 g/mol. The minimum Gasteiger partial charge on any atom is -0.303 e. The lowest BCUT2D eigenvalue weighted by Gasteiger charge is -2.25. The summed E-state index contributed by atoms with van der Waals surface area (Å²) in [5.41, 5.74) is 3.84. The summed E-state index contributed by atoms with van der Waals surface area (Å²) in [5, 5.41) is 0. The van der Waals surface area contributed by atoms with Crippen LogP contribution in [0.15, 0.2) is 89.1 Å². The molecule has 1 aliphatic carbocycles. The Morgan fingerprint density at radius 3 is 2.65 bits per heavy atom. The number of benzene rings is 2. The molecule has 1 unspecified atom stereocenters. The Morgan fingerprint density at radius 1 is 0.973 bits per heavy atom. The molecule has 0 saturated carbocycles. The van der Waals surface area contributed by atoms with Crippen LogP contribution < -0.4 is 5.69 Å². The van der Waals surface area contributed by atoms with Crippen LogP contribution in [0.1, 0.15) is 30.1 Å². The van der Waals surface area contributed by atoms with E-state index in [1.54, 1.807) is 64.3 Å². The second-order valence-electron chi connectivity index (χ2n) is 9.05. The zero-order chi connectivity index (χ0) is 25.1. The van der Waals surface area contributed by atoms with Gasteiger partial charge in [-0.2, -0.15) is 4.98 Å². The molecule has 7 rings (SSSR count). The molecule has 37 heavy (non-hydrogen) atoms. The predicted octanol–water partition coefficient (Wildman–Crippen LogP) is 3.42. The molecule has 0 spiro atoms. The molecule has 2 aromatic carbocycles. The summed E-state index contributed by atoms with van der Waals surface area (Å²) in [5.74, 6) is 0.397. The van der Waals surface area contributed by atoms with Gasteiger partial charge in [0.25, 0.3) is 10.0 Å². The Hall–Kier alpha value is -4.51. The lowest BCUT2D eigenvalue weighted by molar-refractivity contribution is 0.482. The van der Waals surface area contributed by atoms with Crippen LogP contribution in [0.5, 0.6) is 0 Å². The Labute approximate surface area is 210 Å². The second kappa shape index (κ2) is 8.00. The molecule has 184 valence electrons. The molecule has 0 aliphatic heterocycles. The van der Waals surface area contributed by atoms with Crippen molar-refractivity contribution in [1.82, 2.24) is 33.0 Å². The normalized spacial score (nSPS) is 15.8. The summed E-state index contributed by atoms with van der Waals surface area (Å²) in [6.07, 6.45) is 6.86. The molecule has 0 amide bonds. The molecule has 0 radical (unpaired) electrons. The van der Waals surface area contributed by atoms with E-state index in [1.807, 2.05) is 24.3 Å². The summed E-state index contributed by atoms with van der Waals surface area (Å²) >= 11 is 0. The quantitative estimate of drug-likeness (QED) is 0.387. The number of fused-ring (bicyclic) bond motifs is 3. The molecule has 1 aliphatic rings. The summed E-state index contributed by atoms with van der Waals surface area (Å²) in [6, 6.07) is 17.5. The van der Waals surface area contributed by atoms with Gasteiger partial charge in [0.1, 0.15) is 11.8 Å². The van der Waals surface area contributed by atoms with Crippen molar-refractivity contribution in [2.45, 2.75) is 30.2 Å². The maximum absolute atomic E-state index is 13.4. The summed E-state index contributed by atoms with van der Waals surface area (Å²) in [4.78, 5) is 29.9. The number of aromatic amines is 1. The Morgan fingerprint density at radius 2 is 1.78 bits per heavy atom. The third-order valence-electron chi connectivity index (χ3n) is 6.96. The van der Waals surface area contributed by atoms with E-state index in [9.17, 15) is 13.2 Å². The lowest BCUT2D eigenvalue weighted by atomic mass is 9.93. The first kappa shape index (κ1) is 21.7. The van der Waals surface area contributed by atoms with Crippen molar-refractivity contribution in [1.29, 1.82) is 0 Å². The molecule has 4 aromatic heterocycles. The highest BCUT2D eigenvalue weighted by Gasteiger charge is 2.31. The molecular formula is C26H21N7O3S. The van der Waals surface area contributed by atoms with E-state index >= 15 is 0 Å². The zero-order valence-electron chi connectivity index (χ0n) is 19.5. The smallest absolute Gasteiger partial charge is 0.303 e. The van der Waals surface area contributed by atoms with Crippen molar-refractivity contribution >= 4 is 32.2 Å². The van der Waals surface area contributed by atoms with Gasteiger partial charge in [-0.1, -0.05) is 30.3 Å². The maximum atomic E-state index is 13.4. The van der Waals surface area contributed by atoms with E-state index in [-0.39, 0.29) is 16.6 Å². The van der Waals surface area contributed by atoms with Gasteiger partial charge < -0.3 is 4.98 Å². The number of rotatable bonds is 4. The molecule has 1 N–H and O–H groups in total. The van der Waals surface area contributed by atoms with Crippen molar-refractivity contribution in [2.24, 2.45) is 0 Å². The van der Waals surface area contributed by atoms with Gasteiger partial charge in [0.05, 0.1) is 28.2 Å². The van der Waals surface area contributed by atoms with E-state index in [4.69, 9.17) is 4.98 Å².